The van der Waals surface area contributed by atoms with Crippen molar-refractivity contribution >= 4 is 5.97 Å². The van der Waals surface area contributed by atoms with Crippen LogP contribution in [-0.4, -0.2) is 21.3 Å². The molecule has 4 nitrogen and oxygen atoms in total. The van der Waals surface area contributed by atoms with Crippen molar-refractivity contribution < 1.29 is 9.90 Å². The fraction of sp³-hybridized carbons (Fsp3) is 0.286. The summed E-state index contributed by atoms with van der Waals surface area (Å²) in [6, 6.07) is 9.74. The van der Waals surface area contributed by atoms with Crippen LogP contribution in [0.2, 0.25) is 0 Å². The van der Waals surface area contributed by atoms with Crippen LogP contribution in [-0.2, 0) is 10.2 Å². The number of hydrogen-bond donors (Lipinski definition) is 2. The van der Waals surface area contributed by atoms with E-state index in [1.165, 1.54) is 0 Å². The van der Waals surface area contributed by atoms with E-state index in [1.54, 1.807) is 6.20 Å². The van der Waals surface area contributed by atoms with Crippen LogP contribution in [0.5, 0.6) is 0 Å². The summed E-state index contributed by atoms with van der Waals surface area (Å²) in [5.74, 6) is -0.743. The van der Waals surface area contributed by atoms with Gasteiger partial charge >= 0.3 is 5.97 Å². The normalized spacial score (nSPS) is 17.1. The molecule has 1 saturated carbocycles. The van der Waals surface area contributed by atoms with Gasteiger partial charge in [-0.05, 0) is 18.4 Å². The first-order chi connectivity index (χ1) is 8.74. The lowest BCUT2D eigenvalue weighted by molar-refractivity contribution is -0.147. The van der Waals surface area contributed by atoms with Crippen molar-refractivity contribution in [3.8, 4) is 11.3 Å². The quantitative estimate of drug-likeness (QED) is 0.869. The van der Waals surface area contributed by atoms with Crippen LogP contribution in [0, 0.1) is 0 Å². The number of aromatic nitrogens is 2. The van der Waals surface area contributed by atoms with Crippen LogP contribution < -0.4 is 0 Å². The summed E-state index contributed by atoms with van der Waals surface area (Å²) in [6.07, 6.45) is 4.02. The Morgan fingerprint density at radius 2 is 2.00 bits per heavy atom. The summed E-state index contributed by atoms with van der Waals surface area (Å²) in [5, 5.41) is 16.5. The standard InChI is InChI=1S/C14H14N2O2/c17-13(18)14(7-4-8-14)11-9-15-16-12(11)10-5-2-1-3-6-10/h1-3,5-6,9H,4,7-8H2,(H,15,16)(H,17,18). The fourth-order valence-corrected chi connectivity index (χ4v) is 2.60. The molecule has 0 atom stereocenters. The first-order valence-electron chi connectivity index (χ1n) is 6.07. The molecule has 0 aliphatic heterocycles. The maximum Gasteiger partial charge on any atom is 0.314 e. The molecule has 0 amide bonds. The Morgan fingerprint density at radius 3 is 2.56 bits per heavy atom. The van der Waals surface area contributed by atoms with Gasteiger partial charge in [-0.25, -0.2) is 0 Å². The number of nitrogens with zero attached hydrogens (tertiary/aromatic N) is 1. The average molecular weight is 242 g/mol. The zero-order valence-electron chi connectivity index (χ0n) is 9.89. The zero-order valence-corrected chi connectivity index (χ0v) is 9.89. The summed E-state index contributed by atoms with van der Waals surface area (Å²) in [7, 11) is 0. The molecule has 1 heterocycles. The predicted molar refractivity (Wildman–Crippen MR) is 67.2 cm³/mol. The van der Waals surface area contributed by atoms with E-state index in [4.69, 9.17) is 0 Å². The molecular formula is C14H14N2O2. The van der Waals surface area contributed by atoms with Crippen LogP contribution >= 0.6 is 0 Å². The Morgan fingerprint density at radius 1 is 1.28 bits per heavy atom. The Balaban J connectivity index is 2.10. The second-order valence-electron chi connectivity index (χ2n) is 4.77. The highest BCUT2D eigenvalue weighted by Gasteiger charge is 2.48. The summed E-state index contributed by atoms with van der Waals surface area (Å²) in [6.45, 7) is 0. The average Bonchev–Trinajstić information content (AvgIpc) is 2.77. The van der Waals surface area contributed by atoms with Gasteiger partial charge in [-0.3, -0.25) is 9.89 Å². The Kier molecular flexibility index (Phi) is 2.44. The van der Waals surface area contributed by atoms with Gasteiger partial charge in [0.05, 0.1) is 17.3 Å². The monoisotopic (exact) mass is 242 g/mol. The topological polar surface area (TPSA) is 66.0 Å². The number of aliphatic carboxylic acids is 1. The fourth-order valence-electron chi connectivity index (χ4n) is 2.60. The number of benzene rings is 1. The second kappa shape index (κ2) is 3.98. The summed E-state index contributed by atoms with van der Waals surface area (Å²) >= 11 is 0. The molecule has 0 bridgehead atoms. The number of rotatable bonds is 3. The van der Waals surface area contributed by atoms with Crippen LogP contribution in [0.25, 0.3) is 11.3 Å². The molecule has 92 valence electrons. The van der Waals surface area contributed by atoms with E-state index < -0.39 is 11.4 Å². The van der Waals surface area contributed by atoms with Gasteiger partial charge in [0.1, 0.15) is 0 Å². The third-order valence-electron chi connectivity index (χ3n) is 3.83. The summed E-state index contributed by atoms with van der Waals surface area (Å²) < 4.78 is 0. The first-order valence-corrected chi connectivity index (χ1v) is 6.07. The van der Waals surface area contributed by atoms with E-state index in [0.29, 0.717) is 12.8 Å². The van der Waals surface area contributed by atoms with E-state index in [-0.39, 0.29) is 0 Å². The molecule has 2 aromatic rings. The minimum absolute atomic E-state index is 0.696. The number of carboxylic acids is 1. The van der Waals surface area contributed by atoms with Crippen molar-refractivity contribution in [3.05, 3.63) is 42.1 Å². The number of aromatic amines is 1. The number of hydrogen-bond acceptors (Lipinski definition) is 2. The summed E-state index contributed by atoms with van der Waals surface area (Å²) in [4.78, 5) is 11.5. The van der Waals surface area contributed by atoms with Crippen molar-refractivity contribution in [3.63, 3.8) is 0 Å². The number of H-pyrrole nitrogens is 1. The molecule has 1 fully saturated rings. The zero-order chi connectivity index (χ0) is 12.6. The molecule has 4 heteroatoms. The predicted octanol–water partition coefficient (Wildman–Crippen LogP) is 2.58. The maximum absolute atomic E-state index is 11.5. The molecule has 3 rings (SSSR count). The van der Waals surface area contributed by atoms with Crippen molar-refractivity contribution in [1.29, 1.82) is 0 Å². The Labute approximate surface area is 105 Å². The highest BCUT2D eigenvalue weighted by Crippen LogP contribution is 2.46. The molecule has 0 spiro atoms. The molecule has 0 saturated heterocycles. The van der Waals surface area contributed by atoms with Gasteiger partial charge < -0.3 is 5.11 Å². The minimum atomic E-state index is -0.743. The van der Waals surface area contributed by atoms with Crippen molar-refractivity contribution in [2.45, 2.75) is 24.7 Å². The van der Waals surface area contributed by atoms with Gasteiger partial charge in [0.15, 0.2) is 0 Å². The molecule has 1 aromatic carbocycles. The van der Waals surface area contributed by atoms with Gasteiger partial charge in [0, 0.05) is 5.56 Å². The third-order valence-corrected chi connectivity index (χ3v) is 3.83. The minimum Gasteiger partial charge on any atom is -0.481 e. The molecular weight excluding hydrogens is 228 g/mol. The molecule has 1 aromatic heterocycles. The van der Waals surface area contributed by atoms with Gasteiger partial charge in [-0.1, -0.05) is 36.8 Å². The molecule has 1 aliphatic carbocycles. The van der Waals surface area contributed by atoms with Crippen LogP contribution in [0.3, 0.4) is 0 Å². The van der Waals surface area contributed by atoms with Gasteiger partial charge in [-0.15, -0.1) is 0 Å². The van der Waals surface area contributed by atoms with E-state index in [0.717, 1.165) is 23.2 Å². The number of carbonyl (C=O) groups is 1. The van der Waals surface area contributed by atoms with E-state index in [2.05, 4.69) is 10.2 Å². The number of carboxylic acid groups (broad SMARTS) is 1. The van der Waals surface area contributed by atoms with Crippen molar-refractivity contribution in [2.75, 3.05) is 0 Å². The third kappa shape index (κ3) is 1.45. The Hall–Kier alpha value is -2.10. The van der Waals surface area contributed by atoms with Gasteiger partial charge in [-0.2, -0.15) is 5.10 Å². The number of nitrogens with one attached hydrogen (secondary N) is 1. The van der Waals surface area contributed by atoms with Crippen molar-refractivity contribution in [1.82, 2.24) is 10.2 Å². The largest absolute Gasteiger partial charge is 0.481 e. The molecule has 18 heavy (non-hydrogen) atoms. The molecule has 0 unspecified atom stereocenters. The molecule has 0 radical (unpaired) electrons. The highest BCUT2D eigenvalue weighted by molar-refractivity contribution is 5.85. The van der Waals surface area contributed by atoms with E-state index in [1.807, 2.05) is 30.3 Å². The van der Waals surface area contributed by atoms with E-state index >= 15 is 0 Å². The van der Waals surface area contributed by atoms with Crippen LogP contribution in [0.1, 0.15) is 24.8 Å². The lowest BCUT2D eigenvalue weighted by Gasteiger charge is -2.37. The van der Waals surface area contributed by atoms with Gasteiger partial charge in [0.25, 0.3) is 0 Å². The SMILES string of the molecule is O=C(O)C1(c2cn[nH]c2-c2ccccc2)CCC1. The Bertz CT molecular complexity index is 570. The van der Waals surface area contributed by atoms with E-state index in [9.17, 15) is 9.90 Å². The smallest absolute Gasteiger partial charge is 0.314 e. The lowest BCUT2D eigenvalue weighted by Crippen LogP contribution is -2.42. The first kappa shape index (κ1) is 11.0. The summed E-state index contributed by atoms with van der Waals surface area (Å²) in [5.41, 5.74) is 1.89. The molecule has 2 N–H and O–H groups in total. The maximum atomic E-state index is 11.5. The van der Waals surface area contributed by atoms with Gasteiger partial charge in [0.2, 0.25) is 0 Å². The van der Waals surface area contributed by atoms with Crippen LogP contribution in [0.4, 0.5) is 0 Å². The van der Waals surface area contributed by atoms with Crippen molar-refractivity contribution in [2.24, 2.45) is 0 Å². The second-order valence-corrected chi connectivity index (χ2v) is 4.77. The highest BCUT2D eigenvalue weighted by atomic mass is 16.4. The van der Waals surface area contributed by atoms with Crippen LogP contribution in [0.15, 0.2) is 36.5 Å². The lowest BCUT2D eigenvalue weighted by atomic mass is 9.64. The molecule has 1 aliphatic rings.